The molecule has 0 radical (unpaired) electrons. The molecule has 0 spiro atoms. The highest BCUT2D eigenvalue weighted by Gasteiger charge is 2.33. The molecule has 0 unspecified atom stereocenters. The zero-order valence-corrected chi connectivity index (χ0v) is 12.8. The molecule has 0 N–H and O–H groups in total. The van der Waals surface area contributed by atoms with Gasteiger partial charge >= 0.3 is 0 Å². The Kier molecular flexibility index (Phi) is 4.81. The lowest BCUT2D eigenvalue weighted by molar-refractivity contribution is -0.137. The number of hydrogen-bond acceptors (Lipinski definition) is 2. The summed E-state index contributed by atoms with van der Waals surface area (Å²) in [7, 11) is 1.88. The van der Waals surface area contributed by atoms with Crippen LogP contribution in [-0.4, -0.2) is 37.1 Å². The molecule has 1 aromatic carbocycles. The Morgan fingerprint density at radius 1 is 1.30 bits per heavy atom. The molecule has 1 heterocycles. The van der Waals surface area contributed by atoms with E-state index in [1.807, 2.05) is 56.1 Å². The molecule has 1 aliphatic heterocycles. The Bertz CT molecular complexity index is 436. The standard InChI is InChI=1S/C17H25NO2/c1-17(2,14-9-5-4-6-10-14)16(19)18(3)13-15-11-7-8-12-20-15/h4-6,9-10,15H,7-8,11-13H2,1-3H3/t15-/m1/s1. The van der Waals surface area contributed by atoms with Crippen LogP contribution in [0.2, 0.25) is 0 Å². The van der Waals surface area contributed by atoms with Gasteiger partial charge < -0.3 is 9.64 Å². The lowest BCUT2D eigenvalue weighted by atomic mass is 9.83. The van der Waals surface area contributed by atoms with E-state index in [1.165, 1.54) is 6.42 Å². The number of carbonyl (C=O) groups excluding carboxylic acids is 1. The summed E-state index contributed by atoms with van der Waals surface area (Å²) in [5.74, 6) is 0.151. The van der Waals surface area contributed by atoms with Crippen LogP contribution in [0.1, 0.15) is 38.7 Å². The average molecular weight is 275 g/mol. The smallest absolute Gasteiger partial charge is 0.232 e. The van der Waals surface area contributed by atoms with Gasteiger partial charge in [0.1, 0.15) is 0 Å². The Hall–Kier alpha value is -1.35. The highest BCUT2D eigenvalue weighted by Crippen LogP contribution is 2.25. The summed E-state index contributed by atoms with van der Waals surface area (Å²) in [6.07, 6.45) is 3.60. The van der Waals surface area contributed by atoms with Crippen molar-refractivity contribution in [1.82, 2.24) is 4.90 Å². The summed E-state index contributed by atoms with van der Waals surface area (Å²) in [5.41, 5.74) is 0.562. The van der Waals surface area contributed by atoms with Gasteiger partial charge in [0.2, 0.25) is 5.91 Å². The summed E-state index contributed by atoms with van der Waals surface area (Å²) in [6.45, 7) is 5.50. The molecule has 2 rings (SSSR count). The van der Waals surface area contributed by atoms with Crippen LogP contribution >= 0.6 is 0 Å². The van der Waals surface area contributed by atoms with Gasteiger partial charge in [0, 0.05) is 20.2 Å². The molecule has 1 atom stereocenters. The fourth-order valence-electron chi connectivity index (χ4n) is 2.80. The van der Waals surface area contributed by atoms with Gasteiger partial charge in [-0.2, -0.15) is 0 Å². The van der Waals surface area contributed by atoms with E-state index < -0.39 is 5.41 Å². The maximum atomic E-state index is 12.7. The molecule has 3 heteroatoms. The van der Waals surface area contributed by atoms with E-state index in [0.29, 0.717) is 6.54 Å². The largest absolute Gasteiger partial charge is 0.376 e. The van der Waals surface area contributed by atoms with Crippen molar-refractivity contribution in [2.24, 2.45) is 0 Å². The van der Waals surface area contributed by atoms with E-state index in [4.69, 9.17) is 4.74 Å². The summed E-state index contributed by atoms with van der Waals surface area (Å²) in [5, 5.41) is 0. The maximum Gasteiger partial charge on any atom is 0.232 e. The number of benzene rings is 1. The van der Waals surface area contributed by atoms with E-state index in [-0.39, 0.29) is 12.0 Å². The third-order valence-corrected chi connectivity index (χ3v) is 4.13. The second kappa shape index (κ2) is 6.40. The number of nitrogens with zero attached hydrogens (tertiary/aromatic N) is 1. The first-order valence-electron chi connectivity index (χ1n) is 7.44. The summed E-state index contributed by atoms with van der Waals surface area (Å²) < 4.78 is 5.72. The van der Waals surface area contributed by atoms with Gasteiger partial charge in [-0.15, -0.1) is 0 Å². The second-order valence-electron chi connectivity index (χ2n) is 6.17. The Morgan fingerprint density at radius 3 is 2.60 bits per heavy atom. The molecule has 1 amide bonds. The first-order valence-corrected chi connectivity index (χ1v) is 7.44. The van der Waals surface area contributed by atoms with Gasteiger partial charge in [0.15, 0.2) is 0 Å². The summed E-state index contributed by atoms with van der Waals surface area (Å²) in [4.78, 5) is 14.5. The predicted molar refractivity (Wildman–Crippen MR) is 80.7 cm³/mol. The van der Waals surface area contributed by atoms with Crippen molar-refractivity contribution in [3.63, 3.8) is 0 Å². The van der Waals surface area contributed by atoms with Crippen molar-refractivity contribution in [3.8, 4) is 0 Å². The lowest BCUT2D eigenvalue weighted by Crippen LogP contribution is -2.45. The first-order chi connectivity index (χ1) is 9.51. The quantitative estimate of drug-likeness (QED) is 0.845. The number of ether oxygens (including phenoxy) is 1. The molecular weight excluding hydrogens is 250 g/mol. The van der Waals surface area contributed by atoms with Gasteiger partial charge in [-0.1, -0.05) is 30.3 Å². The average Bonchev–Trinajstić information content (AvgIpc) is 2.48. The molecule has 1 saturated heterocycles. The van der Waals surface area contributed by atoms with Crippen LogP contribution in [0, 0.1) is 0 Å². The zero-order chi connectivity index (χ0) is 14.6. The summed E-state index contributed by atoms with van der Waals surface area (Å²) in [6, 6.07) is 9.97. The fraction of sp³-hybridized carbons (Fsp3) is 0.588. The van der Waals surface area contributed by atoms with Crippen LogP contribution in [0.5, 0.6) is 0 Å². The van der Waals surface area contributed by atoms with Crippen LogP contribution < -0.4 is 0 Å². The monoisotopic (exact) mass is 275 g/mol. The number of carbonyl (C=O) groups is 1. The zero-order valence-electron chi connectivity index (χ0n) is 12.8. The Balaban J connectivity index is 2.01. The Morgan fingerprint density at radius 2 is 2.00 bits per heavy atom. The third kappa shape index (κ3) is 3.40. The normalized spacial score (nSPS) is 19.6. The van der Waals surface area contributed by atoms with Crippen molar-refractivity contribution in [1.29, 1.82) is 0 Å². The van der Waals surface area contributed by atoms with Crippen molar-refractivity contribution >= 4 is 5.91 Å². The molecule has 1 aliphatic rings. The number of hydrogen-bond donors (Lipinski definition) is 0. The van der Waals surface area contributed by atoms with Crippen LogP contribution in [0.25, 0.3) is 0 Å². The fourth-order valence-corrected chi connectivity index (χ4v) is 2.80. The molecule has 0 bridgehead atoms. The molecule has 0 aliphatic carbocycles. The van der Waals surface area contributed by atoms with Gasteiger partial charge in [0.05, 0.1) is 11.5 Å². The summed E-state index contributed by atoms with van der Waals surface area (Å²) >= 11 is 0. The van der Waals surface area contributed by atoms with E-state index >= 15 is 0 Å². The molecule has 20 heavy (non-hydrogen) atoms. The van der Waals surface area contributed by atoms with Crippen LogP contribution in [-0.2, 0) is 14.9 Å². The van der Waals surface area contributed by atoms with Crippen LogP contribution in [0.15, 0.2) is 30.3 Å². The number of likely N-dealkylation sites (N-methyl/N-ethyl adjacent to an activating group) is 1. The van der Waals surface area contributed by atoms with E-state index in [2.05, 4.69) is 0 Å². The second-order valence-corrected chi connectivity index (χ2v) is 6.17. The minimum absolute atomic E-state index is 0.151. The van der Waals surface area contributed by atoms with E-state index in [1.54, 1.807) is 0 Å². The minimum atomic E-state index is -0.495. The molecule has 1 aromatic rings. The molecule has 0 saturated carbocycles. The molecule has 1 fully saturated rings. The Labute approximate surface area is 121 Å². The van der Waals surface area contributed by atoms with Crippen LogP contribution in [0.3, 0.4) is 0 Å². The van der Waals surface area contributed by atoms with Gasteiger partial charge in [-0.3, -0.25) is 4.79 Å². The van der Waals surface area contributed by atoms with Crippen molar-refractivity contribution in [2.75, 3.05) is 20.2 Å². The molecule has 0 aromatic heterocycles. The van der Waals surface area contributed by atoms with Gasteiger partial charge in [-0.25, -0.2) is 0 Å². The van der Waals surface area contributed by atoms with Gasteiger partial charge in [0.25, 0.3) is 0 Å². The third-order valence-electron chi connectivity index (χ3n) is 4.13. The molecule has 3 nitrogen and oxygen atoms in total. The van der Waals surface area contributed by atoms with E-state index in [9.17, 15) is 4.79 Å². The molecule has 110 valence electrons. The number of rotatable bonds is 4. The minimum Gasteiger partial charge on any atom is -0.376 e. The highest BCUT2D eigenvalue weighted by molar-refractivity contribution is 5.87. The topological polar surface area (TPSA) is 29.5 Å². The molecular formula is C17H25NO2. The first kappa shape index (κ1) is 15.0. The van der Waals surface area contributed by atoms with Crippen LogP contribution in [0.4, 0.5) is 0 Å². The maximum absolute atomic E-state index is 12.7. The lowest BCUT2D eigenvalue weighted by Gasteiger charge is -2.33. The predicted octanol–water partition coefficient (Wildman–Crippen LogP) is 2.99. The van der Waals surface area contributed by atoms with Gasteiger partial charge in [-0.05, 0) is 38.7 Å². The van der Waals surface area contributed by atoms with Crippen molar-refractivity contribution < 1.29 is 9.53 Å². The highest BCUT2D eigenvalue weighted by atomic mass is 16.5. The van der Waals surface area contributed by atoms with E-state index in [0.717, 1.165) is 25.0 Å². The SMILES string of the molecule is CN(C[C@H]1CCCCO1)C(=O)C(C)(C)c1ccccc1. The van der Waals surface area contributed by atoms with Crippen molar-refractivity contribution in [2.45, 2.75) is 44.6 Å². The van der Waals surface area contributed by atoms with Crippen molar-refractivity contribution in [3.05, 3.63) is 35.9 Å². The number of amides is 1.